The van der Waals surface area contributed by atoms with Crippen LogP contribution in [0.15, 0.2) is 67.7 Å². The van der Waals surface area contributed by atoms with Crippen LogP contribution in [0.1, 0.15) is 25.1 Å². The van der Waals surface area contributed by atoms with Crippen molar-refractivity contribution in [2.75, 3.05) is 0 Å². The molecule has 16 nitrogen and oxygen atoms in total. The molecular formula is C60H34KLiO16. The average molecular weight is 1060 g/mol. The molecule has 0 aliphatic heterocycles. The Morgan fingerprint density at radius 3 is 0.538 bits per heavy atom. The molecule has 78 heavy (non-hydrogen) atoms. The standard InChI is InChI=1S/2C30H16O8.K.Li.2H/c2*1-7-3-9(31)19-23-15(7)16-8(2)4-10(32)20-24(16)28-26-18(12(34)6-14(36)22(26)30(20)38)17-11(33)5-13(35)21(29(19)37)25(17)27(23)28;;;;/h2*3-6,33-38H,1-2H3;;;;/q;;2*+1;2*-1. The summed E-state index contributed by atoms with van der Waals surface area (Å²) < 4.78 is 0. The van der Waals surface area contributed by atoms with E-state index < -0.39 is 90.7 Å². The molecule has 0 aliphatic rings. The molecule has 16 aromatic carbocycles. The minimum absolute atomic E-state index is 0. The molecular weight excluding hydrogens is 1020 g/mol. The molecule has 16 rings (SSSR count). The van der Waals surface area contributed by atoms with Crippen LogP contribution >= 0.6 is 0 Å². The third-order valence-corrected chi connectivity index (χ3v) is 16.5. The van der Waals surface area contributed by atoms with Gasteiger partial charge in [0.25, 0.3) is 0 Å². The zero-order chi connectivity index (χ0) is 53.4. The van der Waals surface area contributed by atoms with Crippen molar-refractivity contribution < 1.29 is 134 Å². The van der Waals surface area contributed by atoms with E-state index in [1.165, 1.54) is 24.3 Å². The van der Waals surface area contributed by atoms with Crippen molar-refractivity contribution in [3.05, 3.63) is 112 Å². The molecule has 0 bridgehead atoms. The van der Waals surface area contributed by atoms with Crippen LogP contribution in [0.3, 0.4) is 0 Å². The summed E-state index contributed by atoms with van der Waals surface area (Å²) in [6.07, 6.45) is 0. The van der Waals surface area contributed by atoms with Crippen molar-refractivity contribution in [2.24, 2.45) is 0 Å². The Morgan fingerprint density at radius 1 is 0.218 bits per heavy atom. The number of aryl methyl sites for hydroxylation is 4. The van der Waals surface area contributed by atoms with Crippen molar-refractivity contribution >= 4 is 151 Å². The van der Waals surface area contributed by atoms with E-state index in [4.69, 9.17) is 0 Å². The summed E-state index contributed by atoms with van der Waals surface area (Å²) in [6.45, 7) is 6.94. The summed E-state index contributed by atoms with van der Waals surface area (Å²) >= 11 is 0. The maximum atomic E-state index is 13.4. The van der Waals surface area contributed by atoms with Gasteiger partial charge in [-0.15, -0.1) is 0 Å². The predicted octanol–water partition coefficient (Wildman–Crippen LogP) is 4.40. The van der Waals surface area contributed by atoms with Crippen molar-refractivity contribution in [1.29, 1.82) is 0 Å². The first-order valence-corrected chi connectivity index (χ1v) is 23.6. The van der Waals surface area contributed by atoms with Gasteiger partial charge in [-0.3, -0.25) is 19.2 Å². The van der Waals surface area contributed by atoms with E-state index >= 15 is 0 Å². The zero-order valence-electron chi connectivity index (χ0n) is 43.6. The van der Waals surface area contributed by atoms with Crippen LogP contribution in [0.2, 0.25) is 0 Å². The second-order valence-electron chi connectivity index (χ2n) is 20.3. The number of hydrogen-bond donors (Lipinski definition) is 12. The SMILES string of the molecule is Cc1cc(=O)c2c(O)c3c(O)cc(O)c4c5c(O)cc(O)c6c(O)c7c(=O)cc(C)c8c1c2c(c34)c(c65)c78.Cc1cc(=O)c2c(O)c3c(O)cc(O)c4c5c(O)cc(O)c6c(O)c7c(=O)cc(C)c8c1c2c(c34)c(c65)c78.[H-].[H-].[K+].[Li+]. The van der Waals surface area contributed by atoms with E-state index in [1.54, 1.807) is 27.7 Å². The van der Waals surface area contributed by atoms with Gasteiger partial charge in [0, 0.05) is 110 Å². The van der Waals surface area contributed by atoms with Crippen LogP contribution in [0.4, 0.5) is 0 Å². The quantitative estimate of drug-likeness (QED) is 0.0569. The van der Waals surface area contributed by atoms with Crippen LogP contribution in [-0.4, -0.2) is 61.3 Å². The summed E-state index contributed by atoms with van der Waals surface area (Å²) in [7, 11) is 0. The molecule has 372 valence electrons. The van der Waals surface area contributed by atoms with Gasteiger partial charge in [-0.2, -0.15) is 0 Å². The number of phenols is 12. The molecule has 0 aliphatic carbocycles. The second-order valence-corrected chi connectivity index (χ2v) is 20.3. The molecule has 16 aromatic rings. The summed E-state index contributed by atoms with van der Waals surface area (Å²) in [5.74, 6) is -5.51. The summed E-state index contributed by atoms with van der Waals surface area (Å²) in [5.41, 5.74) is 0.350. The van der Waals surface area contributed by atoms with E-state index in [-0.39, 0.29) is 159 Å². The molecule has 0 spiro atoms. The summed E-state index contributed by atoms with van der Waals surface area (Å²) in [5, 5.41) is 139. The topological polar surface area (TPSA) is 311 Å². The van der Waals surface area contributed by atoms with Crippen LogP contribution in [0.5, 0.6) is 69.0 Å². The van der Waals surface area contributed by atoms with E-state index in [9.17, 15) is 80.5 Å². The molecule has 0 atom stereocenters. The molecule has 0 aromatic heterocycles. The van der Waals surface area contributed by atoms with Gasteiger partial charge < -0.3 is 64.1 Å². The third kappa shape index (κ3) is 5.25. The number of hydrogen-bond acceptors (Lipinski definition) is 16. The smallest absolute Gasteiger partial charge is 1.00 e. The molecule has 18 heteroatoms. The van der Waals surface area contributed by atoms with Gasteiger partial charge in [0.15, 0.2) is 21.7 Å². The molecule has 12 N–H and O–H groups in total. The van der Waals surface area contributed by atoms with E-state index in [2.05, 4.69) is 0 Å². The minimum atomic E-state index is -0.483. The number of aromatic hydroxyl groups is 12. The Hall–Kier alpha value is -8.25. The molecule has 0 fully saturated rings. The summed E-state index contributed by atoms with van der Waals surface area (Å²) in [6, 6.07) is 9.54. The van der Waals surface area contributed by atoms with Crippen molar-refractivity contribution in [3.8, 4) is 69.0 Å². The molecule has 0 unspecified atom stereocenters. The number of fused-ring (bicyclic) bond motifs is 4. The van der Waals surface area contributed by atoms with E-state index in [1.807, 2.05) is 0 Å². The van der Waals surface area contributed by atoms with E-state index in [0.717, 1.165) is 24.3 Å². The number of benzene rings is 16. The first kappa shape index (κ1) is 49.3. The minimum Gasteiger partial charge on any atom is -1.00 e. The Kier molecular flexibility index (Phi) is 9.66. The molecule has 0 saturated heterocycles. The van der Waals surface area contributed by atoms with Crippen LogP contribution < -0.4 is 92.0 Å². The first-order valence-electron chi connectivity index (χ1n) is 23.6. The van der Waals surface area contributed by atoms with Gasteiger partial charge in [0.2, 0.25) is 0 Å². The number of rotatable bonds is 0. The van der Waals surface area contributed by atoms with Gasteiger partial charge >= 0.3 is 70.2 Å². The fourth-order valence-electron chi connectivity index (χ4n) is 14.0. The molecule has 0 heterocycles. The maximum Gasteiger partial charge on any atom is 1.00 e. The molecule has 0 amide bonds. The van der Waals surface area contributed by atoms with Gasteiger partial charge in [-0.25, -0.2) is 0 Å². The Bertz CT molecular complexity index is 5060. The number of phenolic OH excluding ortho intramolecular Hbond substituents is 12. The first-order chi connectivity index (χ1) is 36.1. The van der Waals surface area contributed by atoms with Crippen LogP contribution in [0, 0.1) is 27.7 Å². The van der Waals surface area contributed by atoms with Crippen LogP contribution in [0.25, 0.3) is 151 Å². The van der Waals surface area contributed by atoms with Crippen LogP contribution in [-0.2, 0) is 0 Å². The Labute approximate surface area is 489 Å². The average Bonchev–Trinajstić information content (AvgIpc) is 2.28. The monoisotopic (exact) mass is 1060 g/mol. The Balaban J connectivity index is 0.000000161. The molecule has 0 radical (unpaired) electrons. The fraction of sp³-hybridized carbons (Fsp3) is 0.0667. The van der Waals surface area contributed by atoms with Gasteiger partial charge in [-0.05, 0) is 95.8 Å². The molecule has 0 saturated carbocycles. The normalized spacial score (nSPS) is 12.5. The maximum absolute atomic E-state index is 13.4. The van der Waals surface area contributed by atoms with Gasteiger partial charge in [0.1, 0.15) is 69.0 Å². The zero-order valence-corrected chi connectivity index (χ0v) is 44.7. The van der Waals surface area contributed by atoms with Crippen molar-refractivity contribution in [2.45, 2.75) is 27.7 Å². The van der Waals surface area contributed by atoms with Gasteiger partial charge in [-0.1, -0.05) is 0 Å². The van der Waals surface area contributed by atoms with Crippen molar-refractivity contribution in [1.82, 2.24) is 0 Å². The Morgan fingerprint density at radius 2 is 0.359 bits per heavy atom. The largest absolute Gasteiger partial charge is 1.00 e. The summed E-state index contributed by atoms with van der Waals surface area (Å²) in [4.78, 5) is 53.4. The fourth-order valence-corrected chi connectivity index (χ4v) is 14.0. The second kappa shape index (κ2) is 15.3. The van der Waals surface area contributed by atoms with Crippen molar-refractivity contribution in [3.63, 3.8) is 0 Å². The predicted molar refractivity (Wildman–Crippen MR) is 294 cm³/mol. The van der Waals surface area contributed by atoms with Gasteiger partial charge in [0.05, 0.1) is 43.1 Å². The third-order valence-electron chi connectivity index (χ3n) is 16.5. The van der Waals surface area contributed by atoms with E-state index in [0.29, 0.717) is 86.9 Å².